The molecule has 0 fully saturated rings. The molecule has 0 radical (unpaired) electrons. The van der Waals surface area contributed by atoms with E-state index in [9.17, 15) is 0 Å². The summed E-state index contributed by atoms with van der Waals surface area (Å²) in [4.78, 5) is 4.79. The third-order valence-corrected chi connectivity index (χ3v) is 4.28. The molecule has 1 aliphatic rings. The van der Waals surface area contributed by atoms with Gasteiger partial charge in [0.05, 0.1) is 12.8 Å². The molecule has 20 heavy (non-hydrogen) atoms. The monoisotopic (exact) mass is 377 g/mol. The van der Waals surface area contributed by atoms with Crippen molar-refractivity contribution >= 4 is 28.3 Å². The molecule has 3 rings (SSSR count). The van der Waals surface area contributed by atoms with Gasteiger partial charge in [0.15, 0.2) is 0 Å². The van der Waals surface area contributed by atoms with Crippen molar-refractivity contribution in [2.24, 2.45) is 4.99 Å². The summed E-state index contributed by atoms with van der Waals surface area (Å²) < 4.78 is 6.58. The highest BCUT2D eigenvalue weighted by Gasteiger charge is 2.15. The van der Waals surface area contributed by atoms with Crippen LogP contribution in [0.25, 0.3) is 0 Å². The van der Waals surface area contributed by atoms with Crippen molar-refractivity contribution in [3.05, 3.63) is 62.7 Å². The zero-order chi connectivity index (χ0) is 13.9. The third kappa shape index (κ3) is 2.73. The molecule has 0 bridgehead atoms. The summed E-state index contributed by atoms with van der Waals surface area (Å²) in [5.74, 6) is 0.924. The lowest BCUT2D eigenvalue weighted by molar-refractivity contribution is 0.414. The van der Waals surface area contributed by atoms with E-state index in [-0.39, 0.29) is 0 Å². The number of aliphatic imine (C=N–C) groups is 1. The summed E-state index contributed by atoms with van der Waals surface area (Å²) in [6.45, 7) is 0.887. The lowest BCUT2D eigenvalue weighted by Gasteiger charge is -2.11. The highest BCUT2D eigenvalue weighted by Crippen LogP contribution is 2.25. The van der Waals surface area contributed by atoms with Crippen molar-refractivity contribution in [3.63, 3.8) is 0 Å². The molecular weight excluding hydrogens is 361 g/mol. The molecule has 102 valence electrons. The van der Waals surface area contributed by atoms with E-state index in [4.69, 9.17) is 9.73 Å². The van der Waals surface area contributed by atoms with Gasteiger partial charge < -0.3 is 4.74 Å². The zero-order valence-electron chi connectivity index (χ0n) is 11.4. The largest absolute Gasteiger partial charge is 0.497 e. The fourth-order valence-electron chi connectivity index (χ4n) is 2.53. The van der Waals surface area contributed by atoms with Gasteiger partial charge in [-0.15, -0.1) is 0 Å². The van der Waals surface area contributed by atoms with Crippen molar-refractivity contribution in [1.82, 2.24) is 0 Å². The van der Waals surface area contributed by atoms with Crippen LogP contribution in [0.3, 0.4) is 0 Å². The molecule has 1 aliphatic heterocycles. The molecule has 2 aromatic carbocycles. The Morgan fingerprint density at radius 2 is 1.90 bits per heavy atom. The van der Waals surface area contributed by atoms with E-state index in [1.54, 1.807) is 7.11 Å². The molecule has 0 amide bonds. The number of ether oxygens (including phenoxy) is 1. The van der Waals surface area contributed by atoms with E-state index in [0.717, 1.165) is 30.8 Å². The van der Waals surface area contributed by atoms with Crippen LogP contribution < -0.4 is 4.74 Å². The Bertz CT molecular complexity index is 647. The highest BCUT2D eigenvalue weighted by atomic mass is 127. The van der Waals surface area contributed by atoms with Crippen LogP contribution in [0, 0.1) is 3.57 Å². The van der Waals surface area contributed by atoms with Crippen LogP contribution >= 0.6 is 22.6 Å². The van der Waals surface area contributed by atoms with Gasteiger partial charge in [-0.3, -0.25) is 4.99 Å². The number of hydrogen-bond donors (Lipinski definition) is 0. The molecule has 0 N–H and O–H groups in total. The molecule has 0 aromatic heterocycles. The summed E-state index contributed by atoms with van der Waals surface area (Å²) in [7, 11) is 1.71. The Kier molecular flexibility index (Phi) is 4.05. The van der Waals surface area contributed by atoms with Crippen LogP contribution in [-0.2, 0) is 6.42 Å². The molecule has 1 heterocycles. The van der Waals surface area contributed by atoms with E-state index in [1.807, 2.05) is 6.07 Å². The van der Waals surface area contributed by atoms with Crippen molar-refractivity contribution < 1.29 is 4.74 Å². The SMILES string of the molecule is COc1ccc2c(c1)CCCN=C2c1ccc(I)cc1. The van der Waals surface area contributed by atoms with Gasteiger partial charge in [0, 0.05) is 21.2 Å². The first-order chi connectivity index (χ1) is 9.78. The predicted molar refractivity (Wildman–Crippen MR) is 91.0 cm³/mol. The summed E-state index contributed by atoms with van der Waals surface area (Å²) in [5, 5.41) is 0. The number of aryl methyl sites for hydroxylation is 1. The summed E-state index contributed by atoms with van der Waals surface area (Å²) in [6.07, 6.45) is 2.15. The fourth-order valence-corrected chi connectivity index (χ4v) is 2.89. The number of methoxy groups -OCH3 is 1. The Morgan fingerprint density at radius 1 is 1.10 bits per heavy atom. The maximum atomic E-state index is 5.34. The second kappa shape index (κ2) is 5.95. The van der Waals surface area contributed by atoms with Crippen LogP contribution in [-0.4, -0.2) is 19.4 Å². The van der Waals surface area contributed by atoms with E-state index in [2.05, 4.69) is 59.0 Å². The van der Waals surface area contributed by atoms with E-state index in [0.29, 0.717) is 0 Å². The van der Waals surface area contributed by atoms with Gasteiger partial charge in [0.25, 0.3) is 0 Å². The number of fused-ring (bicyclic) bond motifs is 1. The first-order valence-electron chi connectivity index (χ1n) is 6.75. The number of hydrogen-bond acceptors (Lipinski definition) is 2. The van der Waals surface area contributed by atoms with Crippen LogP contribution in [0.15, 0.2) is 47.5 Å². The van der Waals surface area contributed by atoms with Gasteiger partial charge in [-0.25, -0.2) is 0 Å². The molecular formula is C17H16INO. The fraction of sp³-hybridized carbons (Fsp3) is 0.235. The molecule has 2 nitrogen and oxygen atoms in total. The van der Waals surface area contributed by atoms with Crippen LogP contribution in [0.2, 0.25) is 0 Å². The summed E-state index contributed by atoms with van der Waals surface area (Å²) in [6, 6.07) is 14.9. The van der Waals surface area contributed by atoms with Crippen molar-refractivity contribution in [2.75, 3.05) is 13.7 Å². The topological polar surface area (TPSA) is 21.6 Å². The molecule has 0 saturated heterocycles. The normalized spacial score (nSPS) is 14.2. The zero-order valence-corrected chi connectivity index (χ0v) is 13.6. The third-order valence-electron chi connectivity index (χ3n) is 3.56. The second-order valence-corrected chi connectivity index (χ2v) is 6.11. The van der Waals surface area contributed by atoms with Gasteiger partial charge in [-0.2, -0.15) is 0 Å². The second-order valence-electron chi connectivity index (χ2n) is 4.86. The number of halogens is 1. The van der Waals surface area contributed by atoms with E-state index < -0.39 is 0 Å². The number of rotatable bonds is 2. The van der Waals surface area contributed by atoms with Gasteiger partial charge in [-0.05, 0) is 71.3 Å². The molecule has 2 aromatic rings. The average molecular weight is 377 g/mol. The standard InChI is InChI=1S/C17H16INO/c1-20-15-8-9-16-13(11-15)3-2-10-19-17(16)12-4-6-14(18)7-5-12/h4-9,11H,2-3,10H2,1H3. The van der Waals surface area contributed by atoms with Crippen LogP contribution in [0.1, 0.15) is 23.1 Å². The molecule has 0 unspecified atom stereocenters. The lowest BCUT2D eigenvalue weighted by atomic mass is 9.96. The first-order valence-corrected chi connectivity index (χ1v) is 7.83. The summed E-state index contributed by atoms with van der Waals surface area (Å²) >= 11 is 2.33. The molecule has 0 spiro atoms. The van der Waals surface area contributed by atoms with Crippen LogP contribution in [0.4, 0.5) is 0 Å². The molecule has 0 atom stereocenters. The summed E-state index contributed by atoms with van der Waals surface area (Å²) in [5.41, 5.74) is 4.87. The lowest BCUT2D eigenvalue weighted by Crippen LogP contribution is -2.06. The minimum atomic E-state index is 0.887. The quantitative estimate of drug-likeness (QED) is 0.723. The maximum Gasteiger partial charge on any atom is 0.119 e. The van der Waals surface area contributed by atoms with E-state index in [1.165, 1.54) is 20.3 Å². The van der Waals surface area contributed by atoms with Gasteiger partial charge in [0.2, 0.25) is 0 Å². The minimum Gasteiger partial charge on any atom is -0.497 e. The highest BCUT2D eigenvalue weighted by molar-refractivity contribution is 14.1. The minimum absolute atomic E-state index is 0.887. The van der Waals surface area contributed by atoms with E-state index >= 15 is 0 Å². The van der Waals surface area contributed by atoms with Gasteiger partial charge in [0.1, 0.15) is 5.75 Å². The Labute approximate surface area is 133 Å². The molecule has 0 aliphatic carbocycles. The van der Waals surface area contributed by atoms with Crippen molar-refractivity contribution in [3.8, 4) is 5.75 Å². The van der Waals surface area contributed by atoms with Gasteiger partial charge >= 0.3 is 0 Å². The van der Waals surface area contributed by atoms with Crippen molar-refractivity contribution in [1.29, 1.82) is 0 Å². The predicted octanol–water partition coefficient (Wildman–Crippen LogP) is 4.08. The van der Waals surface area contributed by atoms with Crippen LogP contribution in [0.5, 0.6) is 5.75 Å². The number of nitrogens with zero attached hydrogens (tertiary/aromatic N) is 1. The number of benzene rings is 2. The smallest absolute Gasteiger partial charge is 0.119 e. The Morgan fingerprint density at radius 3 is 2.65 bits per heavy atom. The van der Waals surface area contributed by atoms with Crippen molar-refractivity contribution in [2.45, 2.75) is 12.8 Å². The molecule has 3 heteroatoms. The van der Waals surface area contributed by atoms with Gasteiger partial charge in [-0.1, -0.05) is 12.1 Å². The first kappa shape index (κ1) is 13.6. The Hall–Kier alpha value is -1.36. The Balaban J connectivity index is 2.08. The average Bonchev–Trinajstić information content (AvgIpc) is 2.69. The molecule has 0 saturated carbocycles. The maximum absolute atomic E-state index is 5.34.